The number of benzene rings is 1. The molecule has 0 atom stereocenters. The molecule has 2 aromatic heterocycles. The topological polar surface area (TPSA) is 84.8 Å². The molecule has 0 bridgehead atoms. The van der Waals surface area contributed by atoms with Crippen LogP contribution in [0.3, 0.4) is 0 Å². The molecule has 0 aliphatic carbocycles. The van der Waals surface area contributed by atoms with Gasteiger partial charge in [0, 0.05) is 31.4 Å². The Kier molecular flexibility index (Phi) is 4.71. The van der Waals surface area contributed by atoms with Crippen LogP contribution in [-0.4, -0.2) is 36.2 Å². The lowest BCUT2D eigenvalue weighted by Gasteiger charge is -2.08. The lowest BCUT2D eigenvalue weighted by atomic mass is 10.1. The number of nitrogens with one attached hydrogen (secondary N) is 1. The third-order valence-electron chi connectivity index (χ3n) is 3.54. The fourth-order valence-corrected chi connectivity index (χ4v) is 3.25. The highest BCUT2D eigenvalue weighted by atomic mass is 32.2. The molecule has 0 spiro atoms. The van der Waals surface area contributed by atoms with Gasteiger partial charge in [0.1, 0.15) is 5.52 Å². The van der Waals surface area contributed by atoms with Gasteiger partial charge in [-0.3, -0.25) is 4.98 Å². The van der Waals surface area contributed by atoms with Crippen LogP contribution in [0, 0.1) is 0 Å². The maximum absolute atomic E-state index is 11.3. The van der Waals surface area contributed by atoms with Crippen LogP contribution >= 0.6 is 0 Å². The van der Waals surface area contributed by atoms with E-state index in [-0.39, 0.29) is 5.75 Å². The predicted molar refractivity (Wildman–Crippen MR) is 94.5 cm³/mol. The standard InChI is InChI=1S/C17H18N4O2S/c1-24(22,23)12-14-4-2-13(3-5-14)6-8-20-17-16-15(7-9-21-17)18-10-11-19-16/h2-5,7,9-11H,6,8,12H2,1H3,(H,20,21). The minimum atomic E-state index is -3.00. The Morgan fingerprint density at radius 3 is 2.38 bits per heavy atom. The Balaban J connectivity index is 1.62. The highest BCUT2D eigenvalue weighted by Gasteiger charge is 2.05. The first-order chi connectivity index (χ1) is 11.5. The van der Waals surface area contributed by atoms with E-state index in [1.165, 1.54) is 6.26 Å². The van der Waals surface area contributed by atoms with Gasteiger partial charge in [0.15, 0.2) is 15.7 Å². The highest BCUT2D eigenvalue weighted by Crippen LogP contribution is 2.16. The molecule has 7 heteroatoms. The fourth-order valence-electron chi connectivity index (χ4n) is 2.46. The van der Waals surface area contributed by atoms with E-state index in [9.17, 15) is 8.42 Å². The summed E-state index contributed by atoms with van der Waals surface area (Å²) in [4.78, 5) is 12.9. The quantitative estimate of drug-likeness (QED) is 0.739. The summed E-state index contributed by atoms with van der Waals surface area (Å²) in [5.41, 5.74) is 3.50. The van der Waals surface area contributed by atoms with Crippen LogP contribution in [0.15, 0.2) is 48.9 Å². The Morgan fingerprint density at radius 2 is 1.62 bits per heavy atom. The molecule has 0 amide bonds. The Bertz CT molecular complexity index is 935. The summed E-state index contributed by atoms with van der Waals surface area (Å²) in [7, 11) is -3.00. The number of hydrogen-bond acceptors (Lipinski definition) is 6. The van der Waals surface area contributed by atoms with Gasteiger partial charge in [0.2, 0.25) is 0 Å². The van der Waals surface area contributed by atoms with Gasteiger partial charge >= 0.3 is 0 Å². The Morgan fingerprint density at radius 1 is 0.917 bits per heavy atom. The van der Waals surface area contributed by atoms with E-state index in [1.807, 2.05) is 30.3 Å². The maximum atomic E-state index is 11.3. The van der Waals surface area contributed by atoms with E-state index >= 15 is 0 Å². The molecule has 0 radical (unpaired) electrons. The highest BCUT2D eigenvalue weighted by molar-refractivity contribution is 7.89. The molecule has 0 aliphatic heterocycles. The summed E-state index contributed by atoms with van der Waals surface area (Å²) < 4.78 is 22.6. The molecule has 0 saturated carbocycles. The minimum absolute atomic E-state index is 0.0735. The molecule has 0 unspecified atom stereocenters. The van der Waals surface area contributed by atoms with Crippen molar-refractivity contribution in [1.82, 2.24) is 15.0 Å². The van der Waals surface area contributed by atoms with E-state index < -0.39 is 9.84 Å². The fraction of sp³-hybridized carbons (Fsp3) is 0.235. The van der Waals surface area contributed by atoms with Gasteiger partial charge in [0.05, 0.1) is 11.3 Å². The molecule has 0 fully saturated rings. The van der Waals surface area contributed by atoms with E-state index in [0.717, 1.165) is 28.6 Å². The maximum Gasteiger partial charge on any atom is 0.154 e. The van der Waals surface area contributed by atoms with Gasteiger partial charge in [-0.15, -0.1) is 0 Å². The van der Waals surface area contributed by atoms with Crippen molar-refractivity contribution >= 4 is 26.7 Å². The molecule has 6 nitrogen and oxygen atoms in total. The van der Waals surface area contributed by atoms with Crippen LogP contribution < -0.4 is 5.32 Å². The number of fused-ring (bicyclic) bond motifs is 1. The van der Waals surface area contributed by atoms with Crippen molar-refractivity contribution in [3.63, 3.8) is 0 Å². The van der Waals surface area contributed by atoms with Crippen LogP contribution in [0.25, 0.3) is 11.0 Å². The molecule has 0 aliphatic rings. The average Bonchev–Trinajstić information content (AvgIpc) is 2.55. The molecular weight excluding hydrogens is 324 g/mol. The van der Waals surface area contributed by atoms with Crippen molar-refractivity contribution in [3.8, 4) is 0 Å². The van der Waals surface area contributed by atoms with Crippen LogP contribution in [0.2, 0.25) is 0 Å². The van der Waals surface area contributed by atoms with E-state index in [0.29, 0.717) is 12.4 Å². The zero-order chi connectivity index (χ0) is 17.0. The summed E-state index contributed by atoms with van der Waals surface area (Å²) >= 11 is 0. The molecule has 1 aromatic carbocycles. The number of anilines is 1. The zero-order valence-corrected chi connectivity index (χ0v) is 14.1. The van der Waals surface area contributed by atoms with Crippen molar-refractivity contribution in [2.24, 2.45) is 0 Å². The van der Waals surface area contributed by atoms with E-state index in [2.05, 4.69) is 20.3 Å². The van der Waals surface area contributed by atoms with Gasteiger partial charge in [-0.2, -0.15) is 0 Å². The largest absolute Gasteiger partial charge is 0.368 e. The second-order valence-corrected chi connectivity index (χ2v) is 7.79. The number of hydrogen-bond donors (Lipinski definition) is 1. The first-order valence-corrected chi connectivity index (χ1v) is 9.62. The van der Waals surface area contributed by atoms with Crippen molar-refractivity contribution in [2.45, 2.75) is 12.2 Å². The number of sulfone groups is 1. The molecule has 0 saturated heterocycles. The van der Waals surface area contributed by atoms with Crippen molar-refractivity contribution < 1.29 is 8.42 Å². The number of pyridine rings is 1. The zero-order valence-electron chi connectivity index (χ0n) is 13.3. The molecule has 24 heavy (non-hydrogen) atoms. The van der Waals surface area contributed by atoms with Gasteiger partial charge in [-0.25, -0.2) is 18.4 Å². The Labute approximate surface area is 140 Å². The monoisotopic (exact) mass is 342 g/mol. The van der Waals surface area contributed by atoms with Crippen LogP contribution in [-0.2, 0) is 22.0 Å². The lowest BCUT2D eigenvalue weighted by molar-refractivity contribution is 0.601. The van der Waals surface area contributed by atoms with Gasteiger partial charge in [-0.05, 0) is 23.6 Å². The smallest absolute Gasteiger partial charge is 0.154 e. The molecular formula is C17H18N4O2S. The number of aromatic nitrogens is 3. The third-order valence-corrected chi connectivity index (χ3v) is 4.40. The van der Waals surface area contributed by atoms with Gasteiger partial charge in [0.25, 0.3) is 0 Å². The lowest BCUT2D eigenvalue weighted by Crippen LogP contribution is -2.07. The molecule has 1 N–H and O–H groups in total. The summed E-state index contributed by atoms with van der Waals surface area (Å²) in [6, 6.07) is 9.46. The summed E-state index contributed by atoms with van der Waals surface area (Å²) in [6.45, 7) is 0.702. The second-order valence-electron chi connectivity index (χ2n) is 5.65. The van der Waals surface area contributed by atoms with Crippen LogP contribution in [0.4, 0.5) is 5.82 Å². The van der Waals surface area contributed by atoms with Crippen LogP contribution in [0.5, 0.6) is 0 Å². The number of rotatable bonds is 6. The first-order valence-electron chi connectivity index (χ1n) is 7.56. The second kappa shape index (κ2) is 6.92. The van der Waals surface area contributed by atoms with Gasteiger partial charge in [-0.1, -0.05) is 24.3 Å². The third kappa shape index (κ3) is 4.26. The van der Waals surface area contributed by atoms with Gasteiger partial charge < -0.3 is 5.32 Å². The van der Waals surface area contributed by atoms with E-state index in [1.54, 1.807) is 18.6 Å². The van der Waals surface area contributed by atoms with Crippen molar-refractivity contribution in [2.75, 3.05) is 18.1 Å². The normalized spacial score (nSPS) is 11.5. The molecule has 3 rings (SSSR count). The SMILES string of the molecule is CS(=O)(=O)Cc1ccc(CCNc2nccc3nccnc23)cc1. The molecule has 3 aromatic rings. The first kappa shape index (κ1) is 16.3. The summed E-state index contributed by atoms with van der Waals surface area (Å²) in [5, 5.41) is 3.28. The summed E-state index contributed by atoms with van der Waals surface area (Å²) in [6.07, 6.45) is 7.06. The van der Waals surface area contributed by atoms with Crippen molar-refractivity contribution in [1.29, 1.82) is 0 Å². The van der Waals surface area contributed by atoms with Crippen LogP contribution in [0.1, 0.15) is 11.1 Å². The minimum Gasteiger partial charge on any atom is -0.368 e. The Hall–Kier alpha value is -2.54. The summed E-state index contributed by atoms with van der Waals surface area (Å²) in [5.74, 6) is 0.790. The predicted octanol–water partition coefficient (Wildman–Crippen LogP) is 2.22. The average molecular weight is 342 g/mol. The van der Waals surface area contributed by atoms with Crippen molar-refractivity contribution in [3.05, 3.63) is 60.0 Å². The molecule has 124 valence electrons. The number of nitrogens with zero attached hydrogens (tertiary/aromatic N) is 3. The van der Waals surface area contributed by atoms with E-state index in [4.69, 9.17) is 0 Å². The molecule has 2 heterocycles.